The van der Waals surface area contributed by atoms with E-state index in [1.165, 1.54) is 19.9 Å². The molecule has 0 unspecified atom stereocenters. The molecule has 1 aromatic heterocycles. The maximum atomic E-state index is 13.3. The third-order valence-corrected chi connectivity index (χ3v) is 1.64. The summed E-state index contributed by atoms with van der Waals surface area (Å²) in [6, 6.07) is 1.35. The molecule has 0 amide bonds. The van der Waals surface area contributed by atoms with Crippen LogP contribution in [0.1, 0.15) is 19.5 Å². The van der Waals surface area contributed by atoms with Crippen molar-refractivity contribution < 1.29 is 4.39 Å². The molecule has 0 aliphatic carbocycles. The van der Waals surface area contributed by atoms with Crippen LogP contribution in [0.4, 0.5) is 4.39 Å². The minimum atomic E-state index is -1.55. The van der Waals surface area contributed by atoms with Gasteiger partial charge >= 0.3 is 0 Å². The van der Waals surface area contributed by atoms with Gasteiger partial charge < -0.3 is 0 Å². The molecule has 5 heteroatoms. The summed E-state index contributed by atoms with van der Waals surface area (Å²) in [5.74, 6) is 0. The second-order valence-electron chi connectivity index (χ2n) is 2.82. The number of alkyl halides is 1. The molecule has 1 aromatic rings. The first kappa shape index (κ1) is 9.68. The lowest BCUT2D eigenvalue weighted by Gasteiger charge is -2.12. The van der Waals surface area contributed by atoms with Crippen molar-refractivity contribution in [2.75, 3.05) is 0 Å². The molecule has 0 bridgehead atoms. The Morgan fingerprint density at radius 2 is 1.92 bits per heavy atom. The second kappa shape index (κ2) is 3.15. The van der Waals surface area contributed by atoms with Gasteiger partial charge in [-0.05, 0) is 25.4 Å². The fourth-order valence-electron chi connectivity index (χ4n) is 0.694. The van der Waals surface area contributed by atoms with Crippen molar-refractivity contribution in [1.29, 1.82) is 0 Å². The van der Waals surface area contributed by atoms with Gasteiger partial charge in [0.15, 0.2) is 0 Å². The molecule has 0 aromatic carbocycles. The summed E-state index contributed by atoms with van der Waals surface area (Å²) in [6.07, 6.45) is 0. The summed E-state index contributed by atoms with van der Waals surface area (Å²) in [5.41, 5.74) is -1.36. The first-order valence-electron chi connectivity index (χ1n) is 3.29. The van der Waals surface area contributed by atoms with Gasteiger partial charge in [0.25, 0.3) is 0 Å². The molecular formula is C7H7Cl2FN2. The van der Waals surface area contributed by atoms with Gasteiger partial charge in [0.2, 0.25) is 5.28 Å². The zero-order valence-electron chi connectivity index (χ0n) is 6.61. The van der Waals surface area contributed by atoms with Crippen molar-refractivity contribution in [1.82, 2.24) is 9.97 Å². The lowest BCUT2D eigenvalue weighted by Crippen LogP contribution is -2.12. The average Bonchev–Trinajstić information content (AvgIpc) is 1.82. The van der Waals surface area contributed by atoms with Crippen molar-refractivity contribution >= 4 is 23.2 Å². The van der Waals surface area contributed by atoms with Gasteiger partial charge in [-0.15, -0.1) is 0 Å². The molecule has 0 radical (unpaired) electrons. The van der Waals surface area contributed by atoms with E-state index in [-0.39, 0.29) is 16.1 Å². The minimum absolute atomic E-state index is 0.0387. The molecule has 0 atom stereocenters. The highest BCUT2D eigenvalue weighted by Gasteiger charge is 2.21. The summed E-state index contributed by atoms with van der Waals surface area (Å²) in [7, 11) is 0. The molecule has 0 aliphatic rings. The van der Waals surface area contributed by atoms with Crippen molar-refractivity contribution in [3.63, 3.8) is 0 Å². The molecule has 0 aliphatic heterocycles. The molecule has 66 valence electrons. The highest BCUT2D eigenvalue weighted by molar-refractivity contribution is 6.31. The Bertz CT molecular complexity index is 276. The summed E-state index contributed by atoms with van der Waals surface area (Å²) < 4.78 is 13.3. The van der Waals surface area contributed by atoms with Crippen LogP contribution in [0.3, 0.4) is 0 Å². The van der Waals surface area contributed by atoms with Crippen molar-refractivity contribution in [2.45, 2.75) is 19.5 Å². The van der Waals surface area contributed by atoms with E-state index in [1.54, 1.807) is 0 Å². The smallest absolute Gasteiger partial charge is 0.224 e. The van der Waals surface area contributed by atoms with E-state index < -0.39 is 5.67 Å². The number of aromatic nitrogens is 2. The Balaban J connectivity index is 3.18. The van der Waals surface area contributed by atoms with Crippen LogP contribution < -0.4 is 0 Å². The van der Waals surface area contributed by atoms with Crippen molar-refractivity contribution in [2.24, 2.45) is 0 Å². The monoisotopic (exact) mass is 208 g/mol. The lowest BCUT2D eigenvalue weighted by atomic mass is 10.1. The minimum Gasteiger partial charge on any atom is -0.238 e. The lowest BCUT2D eigenvalue weighted by molar-refractivity contribution is 0.214. The topological polar surface area (TPSA) is 25.8 Å². The Labute approximate surface area is 79.7 Å². The quantitative estimate of drug-likeness (QED) is 0.524. The van der Waals surface area contributed by atoms with Crippen LogP contribution in [0.5, 0.6) is 0 Å². The van der Waals surface area contributed by atoms with Gasteiger partial charge in [0, 0.05) is 6.07 Å². The number of halogens is 3. The SMILES string of the molecule is CC(C)(F)c1cc(Cl)nc(Cl)n1. The molecule has 12 heavy (non-hydrogen) atoms. The third-order valence-electron chi connectivity index (χ3n) is 1.28. The van der Waals surface area contributed by atoms with Crippen LogP contribution >= 0.6 is 23.2 Å². The first-order valence-corrected chi connectivity index (χ1v) is 4.04. The number of rotatable bonds is 1. The molecule has 0 saturated heterocycles. The molecule has 1 heterocycles. The molecule has 0 saturated carbocycles. The van der Waals surface area contributed by atoms with Gasteiger partial charge in [-0.3, -0.25) is 0 Å². The van der Waals surface area contributed by atoms with Gasteiger partial charge in [0.05, 0.1) is 5.69 Å². The van der Waals surface area contributed by atoms with Gasteiger partial charge in [-0.2, -0.15) is 0 Å². The van der Waals surface area contributed by atoms with Crippen LogP contribution in [0.15, 0.2) is 6.07 Å². The zero-order chi connectivity index (χ0) is 9.35. The van der Waals surface area contributed by atoms with Crippen molar-refractivity contribution in [3.8, 4) is 0 Å². The fourth-order valence-corrected chi connectivity index (χ4v) is 1.10. The summed E-state index contributed by atoms with van der Waals surface area (Å²) in [6.45, 7) is 2.75. The molecule has 1 rings (SSSR count). The Morgan fingerprint density at radius 1 is 1.33 bits per heavy atom. The third kappa shape index (κ3) is 2.29. The van der Waals surface area contributed by atoms with E-state index in [0.29, 0.717) is 0 Å². The largest absolute Gasteiger partial charge is 0.238 e. The van der Waals surface area contributed by atoms with Crippen LogP contribution in [-0.2, 0) is 5.67 Å². The Kier molecular flexibility index (Phi) is 2.54. The predicted molar refractivity (Wildman–Crippen MR) is 46.2 cm³/mol. The average molecular weight is 209 g/mol. The van der Waals surface area contributed by atoms with Gasteiger partial charge in [-0.25, -0.2) is 14.4 Å². The molecule has 2 nitrogen and oxygen atoms in total. The van der Waals surface area contributed by atoms with Crippen LogP contribution in [0.2, 0.25) is 10.4 Å². The van der Waals surface area contributed by atoms with E-state index in [9.17, 15) is 4.39 Å². The Morgan fingerprint density at radius 3 is 2.33 bits per heavy atom. The zero-order valence-corrected chi connectivity index (χ0v) is 8.12. The van der Waals surface area contributed by atoms with E-state index in [2.05, 4.69) is 9.97 Å². The van der Waals surface area contributed by atoms with Gasteiger partial charge in [0.1, 0.15) is 10.8 Å². The fraction of sp³-hybridized carbons (Fsp3) is 0.429. The first-order chi connectivity index (χ1) is 5.39. The summed E-state index contributed by atoms with van der Waals surface area (Å²) in [4.78, 5) is 7.30. The normalized spacial score (nSPS) is 11.8. The molecule has 0 fully saturated rings. The van der Waals surface area contributed by atoms with Crippen LogP contribution in [0.25, 0.3) is 0 Å². The van der Waals surface area contributed by atoms with Crippen molar-refractivity contribution in [3.05, 3.63) is 22.2 Å². The maximum absolute atomic E-state index is 13.3. The second-order valence-corrected chi connectivity index (χ2v) is 3.54. The highest BCUT2D eigenvalue weighted by atomic mass is 35.5. The van der Waals surface area contributed by atoms with E-state index in [4.69, 9.17) is 23.2 Å². The summed E-state index contributed by atoms with van der Waals surface area (Å²) in [5, 5.41) is 0.110. The standard InChI is InChI=1S/C7H7Cl2FN2/c1-7(2,10)4-3-5(8)12-6(9)11-4/h3H,1-2H3. The number of nitrogens with zero attached hydrogens (tertiary/aromatic N) is 2. The Hall–Kier alpha value is -0.410. The number of hydrogen-bond donors (Lipinski definition) is 0. The number of hydrogen-bond acceptors (Lipinski definition) is 2. The van der Waals surface area contributed by atoms with Gasteiger partial charge in [-0.1, -0.05) is 11.6 Å². The molecule has 0 N–H and O–H groups in total. The van der Waals surface area contributed by atoms with Crippen LogP contribution in [0, 0.1) is 0 Å². The van der Waals surface area contributed by atoms with E-state index in [0.717, 1.165) is 0 Å². The predicted octanol–water partition coefficient (Wildman–Crippen LogP) is 2.99. The maximum Gasteiger partial charge on any atom is 0.224 e. The molecule has 0 spiro atoms. The van der Waals surface area contributed by atoms with E-state index in [1.807, 2.05) is 0 Å². The van der Waals surface area contributed by atoms with E-state index >= 15 is 0 Å². The van der Waals surface area contributed by atoms with Crippen LogP contribution in [-0.4, -0.2) is 9.97 Å². The highest BCUT2D eigenvalue weighted by Crippen LogP contribution is 2.25. The molecular weight excluding hydrogens is 202 g/mol. The summed E-state index contributed by atoms with van der Waals surface area (Å²) >= 11 is 11.0.